The van der Waals surface area contributed by atoms with Crippen molar-refractivity contribution in [2.45, 2.75) is 25.8 Å². The third-order valence-electron chi connectivity index (χ3n) is 6.16. The molecule has 1 saturated heterocycles. The zero-order valence-electron chi connectivity index (χ0n) is 17.7. The van der Waals surface area contributed by atoms with E-state index in [1.54, 1.807) is 0 Å². The van der Waals surface area contributed by atoms with Gasteiger partial charge in [0.15, 0.2) is 0 Å². The highest BCUT2D eigenvalue weighted by atomic mass is 15.3. The Balaban J connectivity index is 1.32. The first kappa shape index (κ1) is 19.6. The molecule has 0 atom stereocenters. The quantitative estimate of drug-likeness (QED) is 0.444. The summed E-state index contributed by atoms with van der Waals surface area (Å²) in [6, 6.07) is 29.6. The lowest BCUT2D eigenvalue weighted by Crippen LogP contribution is -2.35. The SMILES string of the molecule is c1ccc(CNc2nc(N3CCC(Cc4ccccc4)CC3)nc3ccccc23)cc1. The minimum Gasteiger partial charge on any atom is -0.365 e. The van der Waals surface area contributed by atoms with Gasteiger partial charge in [-0.25, -0.2) is 4.98 Å². The molecule has 5 rings (SSSR count). The van der Waals surface area contributed by atoms with Crippen LogP contribution in [0.25, 0.3) is 10.9 Å². The molecule has 0 aliphatic carbocycles. The zero-order chi connectivity index (χ0) is 20.9. The lowest BCUT2D eigenvalue weighted by molar-refractivity contribution is 0.401. The average Bonchev–Trinajstić information content (AvgIpc) is 2.84. The maximum Gasteiger partial charge on any atom is 0.227 e. The van der Waals surface area contributed by atoms with Crippen LogP contribution in [0.5, 0.6) is 0 Å². The molecule has 0 radical (unpaired) electrons. The normalized spacial score (nSPS) is 14.6. The van der Waals surface area contributed by atoms with Gasteiger partial charge in [0, 0.05) is 25.0 Å². The lowest BCUT2D eigenvalue weighted by atomic mass is 9.90. The molecule has 0 bridgehead atoms. The summed E-state index contributed by atoms with van der Waals surface area (Å²) in [4.78, 5) is 12.2. The first-order chi connectivity index (χ1) is 15.3. The largest absolute Gasteiger partial charge is 0.365 e. The van der Waals surface area contributed by atoms with Gasteiger partial charge in [-0.1, -0.05) is 72.8 Å². The van der Waals surface area contributed by atoms with E-state index in [1.807, 2.05) is 18.2 Å². The second-order valence-corrected chi connectivity index (χ2v) is 8.35. The Morgan fingerprint density at radius 1 is 0.742 bits per heavy atom. The highest BCUT2D eigenvalue weighted by Gasteiger charge is 2.22. The topological polar surface area (TPSA) is 41.1 Å². The van der Waals surface area contributed by atoms with Crippen LogP contribution in [0.15, 0.2) is 84.9 Å². The molecular formula is C27H28N4. The molecule has 156 valence electrons. The van der Waals surface area contributed by atoms with E-state index in [0.717, 1.165) is 54.6 Å². The first-order valence-corrected chi connectivity index (χ1v) is 11.2. The van der Waals surface area contributed by atoms with Crippen molar-refractivity contribution in [3.63, 3.8) is 0 Å². The van der Waals surface area contributed by atoms with Crippen LogP contribution in [0, 0.1) is 5.92 Å². The van der Waals surface area contributed by atoms with E-state index in [-0.39, 0.29) is 0 Å². The van der Waals surface area contributed by atoms with Crippen LogP contribution in [0.1, 0.15) is 24.0 Å². The van der Waals surface area contributed by atoms with Gasteiger partial charge < -0.3 is 10.2 Å². The van der Waals surface area contributed by atoms with Gasteiger partial charge in [-0.05, 0) is 48.4 Å². The third-order valence-corrected chi connectivity index (χ3v) is 6.16. The second-order valence-electron chi connectivity index (χ2n) is 8.35. The summed E-state index contributed by atoms with van der Waals surface area (Å²) in [7, 11) is 0. The molecule has 1 aliphatic heterocycles. The van der Waals surface area contributed by atoms with Crippen molar-refractivity contribution >= 4 is 22.7 Å². The Bertz CT molecular complexity index is 1120. The van der Waals surface area contributed by atoms with Crippen LogP contribution >= 0.6 is 0 Å². The van der Waals surface area contributed by atoms with E-state index in [9.17, 15) is 0 Å². The number of fused-ring (bicyclic) bond motifs is 1. The van der Waals surface area contributed by atoms with Crippen LogP contribution in [-0.4, -0.2) is 23.1 Å². The molecule has 0 unspecified atom stereocenters. The van der Waals surface area contributed by atoms with Crippen molar-refractivity contribution < 1.29 is 0 Å². The van der Waals surface area contributed by atoms with Gasteiger partial charge in [-0.2, -0.15) is 4.98 Å². The number of benzene rings is 3. The molecule has 1 fully saturated rings. The Morgan fingerprint density at radius 2 is 1.39 bits per heavy atom. The van der Waals surface area contributed by atoms with E-state index in [1.165, 1.54) is 24.0 Å². The monoisotopic (exact) mass is 408 g/mol. The molecule has 0 saturated carbocycles. The summed E-state index contributed by atoms with van der Waals surface area (Å²) in [5, 5.41) is 4.62. The molecule has 1 N–H and O–H groups in total. The third kappa shape index (κ3) is 4.69. The molecule has 4 heteroatoms. The first-order valence-electron chi connectivity index (χ1n) is 11.2. The highest BCUT2D eigenvalue weighted by molar-refractivity contribution is 5.90. The number of anilines is 2. The van der Waals surface area contributed by atoms with Crippen molar-refractivity contribution in [2.75, 3.05) is 23.3 Å². The molecule has 1 aliphatic rings. The molecule has 3 aromatic carbocycles. The number of para-hydroxylation sites is 1. The van der Waals surface area contributed by atoms with Crippen molar-refractivity contribution in [1.29, 1.82) is 0 Å². The zero-order valence-corrected chi connectivity index (χ0v) is 17.7. The number of hydrogen-bond acceptors (Lipinski definition) is 4. The molecule has 0 amide bonds. The minimum atomic E-state index is 0.731. The molecule has 4 nitrogen and oxygen atoms in total. The second kappa shape index (κ2) is 9.17. The number of nitrogens with zero attached hydrogens (tertiary/aromatic N) is 3. The van der Waals surface area contributed by atoms with Crippen molar-refractivity contribution in [1.82, 2.24) is 9.97 Å². The van der Waals surface area contributed by atoms with Gasteiger partial charge in [-0.15, -0.1) is 0 Å². The maximum atomic E-state index is 4.95. The summed E-state index contributed by atoms with van der Waals surface area (Å²) < 4.78 is 0. The fourth-order valence-electron chi connectivity index (χ4n) is 4.41. The minimum absolute atomic E-state index is 0.731. The fourth-order valence-corrected chi connectivity index (χ4v) is 4.41. The van der Waals surface area contributed by atoms with Crippen LogP contribution in [0.4, 0.5) is 11.8 Å². The van der Waals surface area contributed by atoms with Crippen LogP contribution < -0.4 is 10.2 Å². The van der Waals surface area contributed by atoms with E-state index >= 15 is 0 Å². The molecule has 0 spiro atoms. The summed E-state index contributed by atoms with van der Waals surface area (Å²) in [5.41, 5.74) is 3.68. The van der Waals surface area contributed by atoms with Gasteiger partial charge in [0.2, 0.25) is 5.95 Å². The van der Waals surface area contributed by atoms with Gasteiger partial charge in [0.1, 0.15) is 5.82 Å². The van der Waals surface area contributed by atoms with E-state index < -0.39 is 0 Å². The lowest BCUT2D eigenvalue weighted by Gasteiger charge is -2.32. The molecule has 1 aromatic heterocycles. The molecule has 2 heterocycles. The predicted octanol–water partition coefficient (Wildman–Crippen LogP) is 5.70. The van der Waals surface area contributed by atoms with E-state index in [4.69, 9.17) is 9.97 Å². The van der Waals surface area contributed by atoms with Crippen molar-refractivity contribution in [2.24, 2.45) is 5.92 Å². The summed E-state index contributed by atoms with van der Waals surface area (Å²) >= 11 is 0. The Hall–Kier alpha value is -3.40. The maximum absolute atomic E-state index is 4.95. The van der Waals surface area contributed by atoms with Gasteiger partial charge in [0.25, 0.3) is 0 Å². The smallest absolute Gasteiger partial charge is 0.227 e. The van der Waals surface area contributed by atoms with Crippen LogP contribution in [-0.2, 0) is 13.0 Å². The van der Waals surface area contributed by atoms with E-state index in [2.05, 4.69) is 76.9 Å². The molecule has 4 aromatic rings. The van der Waals surface area contributed by atoms with Gasteiger partial charge >= 0.3 is 0 Å². The average molecular weight is 409 g/mol. The predicted molar refractivity (Wildman–Crippen MR) is 128 cm³/mol. The summed E-state index contributed by atoms with van der Waals surface area (Å²) in [5.74, 6) is 2.48. The summed E-state index contributed by atoms with van der Waals surface area (Å²) in [6.45, 7) is 2.77. The molecule has 31 heavy (non-hydrogen) atoms. The highest BCUT2D eigenvalue weighted by Crippen LogP contribution is 2.28. The Kier molecular flexibility index (Phi) is 5.79. The number of nitrogens with one attached hydrogen (secondary N) is 1. The van der Waals surface area contributed by atoms with Crippen LogP contribution in [0.2, 0.25) is 0 Å². The Morgan fingerprint density at radius 3 is 2.13 bits per heavy atom. The van der Waals surface area contributed by atoms with Gasteiger partial charge in [-0.3, -0.25) is 0 Å². The fraction of sp³-hybridized carbons (Fsp3) is 0.259. The number of aromatic nitrogens is 2. The number of rotatable bonds is 6. The standard InChI is InChI=1S/C27H28N4/c1-3-9-21(10-4-1)19-22-15-17-31(18-16-22)27-29-25-14-8-7-13-24(25)26(30-27)28-20-23-11-5-2-6-12-23/h1-14,22H,15-20H2,(H,28,29,30). The van der Waals surface area contributed by atoms with Crippen LogP contribution in [0.3, 0.4) is 0 Å². The van der Waals surface area contributed by atoms with E-state index in [0.29, 0.717) is 0 Å². The van der Waals surface area contributed by atoms with Crippen molar-refractivity contribution in [3.8, 4) is 0 Å². The number of piperidine rings is 1. The van der Waals surface area contributed by atoms with Gasteiger partial charge in [0.05, 0.1) is 5.52 Å². The summed E-state index contributed by atoms with van der Waals surface area (Å²) in [6.07, 6.45) is 3.52. The number of hydrogen-bond donors (Lipinski definition) is 1. The van der Waals surface area contributed by atoms with Crippen molar-refractivity contribution in [3.05, 3.63) is 96.1 Å². The molecular weight excluding hydrogens is 380 g/mol. The Labute approximate surface area is 184 Å².